The van der Waals surface area contributed by atoms with Gasteiger partial charge in [-0.15, -0.1) is 0 Å². The van der Waals surface area contributed by atoms with E-state index in [0.717, 1.165) is 50.2 Å². The third-order valence-corrected chi connectivity index (χ3v) is 8.15. The molecule has 1 saturated carbocycles. The molecule has 5 rings (SSSR count). The zero-order valence-corrected chi connectivity index (χ0v) is 21.6. The molecule has 1 saturated heterocycles. The van der Waals surface area contributed by atoms with Gasteiger partial charge in [-0.1, -0.05) is 35.3 Å². The number of benzene rings is 2. The predicted octanol–water partition coefficient (Wildman–Crippen LogP) is 5.94. The first-order valence-electron chi connectivity index (χ1n) is 12.5. The summed E-state index contributed by atoms with van der Waals surface area (Å²) in [6.07, 6.45) is 7.44. The summed E-state index contributed by atoms with van der Waals surface area (Å²) in [7, 11) is 1.71. The second-order valence-corrected chi connectivity index (χ2v) is 10.8. The van der Waals surface area contributed by atoms with Gasteiger partial charge in [0, 0.05) is 23.2 Å². The number of carbonyl (C=O) groups excluding carboxylic acids is 1. The first kappa shape index (κ1) is 24.5. The van der Waals surface area contributed by atoms with Gasteiger partial charge in [0.1, 0.15) is 18.1 Å². The number of methoxy groups -OCH3 is 1. The molecule has 0 aromatic heterocycles. The van der Waals surface area contributed by atoms with Gasteiger partial charge in [0.25, 0.3) is 5.91 Å². The molecule has 2 heterocycles. The molecule has 1 amide bonds. The molecule has 0 spiro atoms. The van der Waals surface area contributed by atoms with Crippen molar-refractivity contribution in [2.24, 2.45) is 5.92 Å². The van der Waals surface area contributed by atoms with Crippen molar-refractivity contribution in [1.29, 1.82) is 0 Å². The highest BCUT2D eigenvalue weighted by molar-refractivity contribution is 6.36. The molecule has 7 heteroatoms. The van der Waals surface area contributed by atoms with Gasteiger partial charge in [0.15, 0.2) is 0 Å². The van der Waals surface area contributed by atoms with Crippen LogP contribution in [0.25, 0.3) is 6.08 Å². The summed E-state index contributed by atoms with van der Waals surface area (Å²) in [5.41, 5.74) is 2.74. The van der Waals surface area contributed by atoms with Crippen molar-refractivity contribution in [3.05, 3.63) is 63.1 Å². The standard InChI is InChI=1S/C28H32Cl2N2O3/c1-34-24-6-3-19(4-7-24)20-8-10-32(11-9-20)16-18-2-5-23(12-18)31-28(33)21-13-25-26(30)14-22(29)15-27(25)35-17-21/h3-4,6-7,13-15,18,20,23H,2,5,8-12,16-17H2,1H3,(H,31,33)/t18-,23+/m0/s1. The second kappa shape index (κ2) is 10.8. The van der Waals surface area contributed by atoms with E-state index in [9.17, 15) is 4.79 Å². The van der Waals surface area contributed by atoms with Crippen LogP contribution in [0.2, 0.25) is 10.0 Å². The Morgan fingerprint density at radius 1 is 1.11 bits per heavy atom. The van der Waals surface area contributed by atoms with E-state index in [1.807, 2.05) is 6.08 Å². The normalized spacial score (nSPS) is 22.8. The average Bonchev–Trinajstić information content (AvgIpc) is 3.30. The maximum Gasteiger partial charge on any atom is 0.250 e. The Hall–Kier alpha value is -2.21. The molecule has 2 aromatic rings. The van der Waals surface area contributed by atoms with Crippen molar-refractivity contribution in [2.45, 2.75) is 44.1 Å². The van der Waals surface area contributed by atoms with Gasteiger partial charge in [0.2, 0.25) is 0 Å². The summed E-state index contributed by atoms with van der Waals surface area (Å²) >= 11 is 12.4. The minimum Gasteiger partial charge on any atom is -0.497 e. The van der Waals surface area contributed by atoms with E-state index in [-0.39, 0.29) is 18.6 Å². The first-order valence-corrected chi connectivity index (χ1v) is 13.2. The van der Waals surface area contributed by atoms with Crippen molar-refractivity contribution < 1.29 is 14.3 Å². The number of nitrogens with zero attached hydrogens (tertiary/aromatic N) is 1. The molecule has 186 valence electrons. The van der Waals surface area contributed by atoms with Crippen LogP contribution in [0.4, 0.5) is 0 Å². The van der Waals surface area contributed by atoms with Crippen molar-refractivity contribution in [1.82, 2.24) is 10.2 Å². The van der Waals surface area contributed by atoms with Crippen molar-refractivity contribution >= 4 is 35.2 Å². The summed E-state index contributed by atoms with van der Waals surface area (Å²) in [5, 5.41) is 4.25. The number of amides is 1. The number of fused-ring (bicyclic) bond motifs is 1. The van der Waals surface area contributed by atoms with E-state index in [1.54, 1.807) is 19.2 Å². The number of carbonyl (C=O) groups is 1. The van der Waals surface area contributed by atoms with E-state index in [4.69, 9.17) is 32.7 Å². The van der Waals surface area contributed by atoms with Crippen LogP contribution in [0.3, 0.4) is 0 Å². The number of ether oxygens (including phenoxy) is 2. The molecule has 5 nitrogen and oxygen atoms in total. The predicted molar refractivity (Wildman–Crippen MR) is 141 cm³/mol. The highest BCUT2D eigenvalue weighted by Crippen LogP contribution is 2.36. The van der Waals surface area contributed by atoms with Crippen molar-refractivity contribution in [2.75, 3.05) is 33.4 Å². The lowest BCUT2D eigenvalue weighted by atomic mass is 9.89. The molecule has 2 fully saturated rings. The van der Waals surface area contributed by atoms with Crippen LogP contribution in [-0.2, 0) is 4.79 Å². The maximum atomic E-state index is 12.9. The molecule has 2 aromatic carbocycles. The molecule has 3 aliphatic rings. The summed E-state index contributed by atoms with van der Waals surface area (Å²) < 4.78 is 11.0. The zero-order valence-electron chi connectivity index (χ0n) is 20.1. The minimum atomic E-state index is -0.0624. The molecule has 1 N–H and O–H groups in total. The number of nitrogens with one attached hydrogen (secondary N) is 1. The minimum absolute atomic E-state index is 0.0624. The number of hydrogen-bond acceptors (Lipinski definition) is 4. The van der Waals surface area contributed by atoms with Crippen LogP contribution in [0, 0.1) is 5.92 Å². The Labute approximate surface area is 217 Å². The Balaban J connectivity index is 1.09. The first-order chi connectivity index (χ1) is 17.0. The molecular formula is C28H32Cl2N2O3. The highest BCUT2D eigenvalue weighted by Gasteiger charge is 2.30. The third kappa shape index (κ3) is 5.79. The van der Waals surface area contributed by atoms with Gasteiger partial charge >= 0.3 is 0 Å². The number of likely N-dealkylation sites (tertiary alicyclic amines) is 1. The quantitative estimate of drug-likeness (QED) is 0.517. The molecule has 35 heavy (non-hydrogen) atoms. The Morgan fingerprint density at radius 3 is 2.63 bits per heavy atom. The molecular weight excluding hydrogens is 483 g/mol. The van der Waals surface area contributed by atoms with E-state index in [0.29, 0.717) is 33.2 Å². The van der Waals surface area contributed by atoms with Gasteiger partial charge in [-0.3, -0.25) is 4.79 Å². The van der Waals surface area contributed by atoms with E-state index in [1.165, 1.54) is 18.4 Å². The lowest BCUT2D eigenvalue weighted by molar-refractivity contribution is -0.118. The number of hydrogen-bond donors (Lipinski definition) is 1. The van der Waals surface area contributed by atoms with Crippen LogP contribution in [0.1, 0.15) is 49.1 Å². The van der Waals surface area contributed by atoms with Crippen molar-refractivity contribution in [3.63, 3.8) is 0 Å². The van der Waals surface area contributed by atoms with Gasteiger partial charge in [-0.2, -0.15) is 0 Å². The van der Waals surface area contributed by atoms with E-state index in [2.05, 4.69) is 34.5 Å². The van der Waals surface area contributed by atoms with Crippen LogP contribution >= 0.6 is 23.2 Å². The van der Waals surface area contributed by atoms with Crippen LogP contribution in [0.5, 0.6) is 11.5 Å². The number of piperidine rings is 1. The number of halogens is 2. The van der Waals surface area contributed by atoms with Crippen LogP contribution < -0.4 is 14.8 Å². The summed E-state index contributed by atoms with van der Waals surface area (Å²) in [4.78, 5) is 15.5. The zero-order chi connectivity index (χ0) is 24.4. The summed E-state index contributed by atoms with van der Waals surface area (Å²) in [6.45, 7) is 3.63. The average molecular weight is 515 g/mol. The smallest absolute Gasteiger partial charge is 0.250 e. The Morgan fingerprint density at radius 2 is 1.89 bits per heavy atom. The van der Waals surface area contributed by atoms with Crippen molar-refractivity contribution in [3.8, 4) is 11.5 Å². The lowest BCUT2D eigenvalue weighted by Crippen LogP contribution is -2.38. The highest BCUT2D eigenvalue weighted by atomic mass is 35.5. The third-order valence-electron chi connectivity index (χ3n) is 7.62. The maximum absolute atomic E-state index is 12.9. The Kier molecular flexibility index (Phi) is 7.56. The number of rotatable bonds is 6. The molecule has 1 aliphatic carbocycles. The molecule has 0 radical (unpaired) electrons. The van der Waals surface area contributed by atoms with Crippen LogP contribution in [0.15, 0.2) is 42.0 Å². The molecule has 2 atom stereocenters. The monoisotopic (exact) mass is 514 g/mol. The van der Waals surface area contributed by atoms with Gasteiger partial charge in [-0.05, 0) is 92.9 Å². The van der Waals surface area contributed by atoms with Crippen LogP contribution in [-0.4, -0.2) is 50.2 Å². The second-order valence-electron chi connectivity index (χ2n) is 9.96. The Bertz CT molecular complexity index is 1090. The molecule has 2 aliphatic heterocycles. The summed E-state index contributed by atoms with van der Waals surface area (Å²) in [6, 6.07) is 12.2. The lowest BCUT2D eigenvalue weighted by Gasteiger charge is -2.33. The van der Waals surface area contributed by atoms with Gasteiger partial charge in [0.05, 0.1) is 17.7 Å². The topological polar surface area (TPSA) is 50.8 Å². The molecule has 0 unspecified atom stereocenters. The SMILES string of the molecule is COc1ccc(C2CCN(C[C@H]3CC[C@@H](NC(=O)C4=Cc5c(Cl)cc(Cl)cc5OC4)C3)CC2)cc1. The van der Waals surface area contributed by atoms with Gasteiger partial charge < -0.3 is 19.7 Å². The fourth-order valence-corrected chi connectivity index (χ4v) is 6.19. The fourth-order valence-electron chi connectivity index (χ4n) is 5.66. The summed E-state index contributed by atoms with van der Waals surface area (Å²) in [5.74, 6) is 2.74. The van der Waals surface area contributed by atoms with E-state index >= 15 is 0 Å². The van der Waals surface area contributed by atoms with Gasteiger partial charge in [-0.25, -0.2) is 0 Å². The van der Waals surface area contributed by atoms with E-state index < -0.39 is 0 Å². The fraction of sp³-hybridized carbons (Fsp3) is 0.464. The largest absolute Gasteiger partial charge is 0.497 e. The molecule has 0 bridgehead atoms.